The van der Waals surface area contributed by atoms with Gasteiger partial charge in [-0.1, -0.05) is 18.2 Å². The number of aromatic nitrogens is 1. The second-order valence-electron chi connectivity index (χ2n) is 7.43. The van der Waals surface area contributed by atoms with Crippen LogP contribution in [-0.2, 0) is 11.3 Å². The fourth-order valence-electron chi connectivity index (χ4n) is 3.49. The van der Waals surface area contributed by atoms with Gasteiger partial charge in [-0.3, -0.25) is 14.4 Å². The van der Waals surface area contributed by atoms with Crippen LogP contribution in [0.15, 0.2) is 66.4 Å². The van der Waals surface area contributed by atoms with Crippen molar-refractivity contribution < 1.29 is 23.5 Å². The summed E-state index contributed by atoms with van der Waals surface area (Å²) in [5.41, 5.74) is 1.97. The van der Waals surface area contributed by atoms with E-state index in [9.17, 15) is 18.8 Å². The highest BCUT2D eigenvalue weighted by molar-refractivity contribution is 6.36. The number of likely N-dealkylation sites (N-methyl/N-ethyl adjacent to an activating group) is 1. The van der Waals surface area contributed by atoms with Gasteiger partial charge in [0.25, 0.3) is 11.8 Å². The molecular formula is C25H20FN3O4. The molecule has 0 atom stereocenters. The summed E-state index contributed by atoms with van der Waals surface area (Å²) in [6.07, 6.45) is 2.95. The van der Waals surface area contributed by atoms with Crippen molar-refractivity contribution in [1.29, 1.82) is 0 Å². The molecule has 33 heavy (non-hydrogen) atoms. The molecule has 0 saturated heterocycles. The van der Waals surface area contributed by atoms with E-state index in [0.717, 1.165) is 5.56 Å². The van der Waals surface area contributed by atoms with Crippen LogP contribution < -0.4 is 15.0 Å². The zero-order valence-corrected chi connectivity index (χ0v) is 18.0. The zero-order chi connectivity index (χ0) is 23.5. The summed E-state index contributed by atoms with van der Waals surface area (Å²) in [4.78, 5) is 44.0. The van der Waals surface area contributed by atoms with Crippen LogP contribution in [0.2, 0.25) is 0 Å². The maximum atomic E-state index is 13.5. The number of carbonyl (C=O) groups excluding carboxylic acids is 3. The lowest BCUT2D eigenvalue weighted by molar-refractivity contribution is -0.114. The Morgan fingerprint density at radius 1 is 1.15 bits per heavy atom. The SMILES string of the molecule is COc1ccc(CNC(=O)c2ccc3c(c2)C(=O)C(=Cc2cccc(F)c2)C(=O)N3C)cn1. The molecule has 0 saturated carbocycles. The van der Waals surface area contributed by atoms with Gasteiger partial charge in [-0.05, 0) is 47.5 Å². The molecule has 2 amide bonds. The van der Waals surface area contributed by atoms with E-state index in [1.165, 1.54) is 42.4 Å². The van der Waals surface area contributed by atoms with E-state index >= 15 is 0 Å². The molecule has 1 aromatic heterocycles. The van der Waals surface area contributed by atoms with Gasteiger partial charge >= 0.3 is 0 Å². The maximum absolute atomic E-state index is 13.5. The molecule has 166 valence electrons. The van der Waals surface area contributed by atoms with Crippen molar-refractivity contribution in [2.24, 2.45) is 0 Å². The van der Waals surface area contributed by atoms with Gasteiger partial charge in [0.1, 0.15) is 5.82 Å². The van der Waals surface area contributed by atoms with Crippen LogP contribution in [0.25, 0.3) is 6.08 Å². The summed E-state index contributed by atoms with van der Waals surface area (Å²) < 4.78 is 18.6. The number of nitrogens with zero attached hydrogens (tertiary/aromatic N) is 2. The predicted molar refractivity (Wildman–Crippen MR) is 121 cm³/mol. The summed E-state index contributed by atoms with van der Waals surface area (Å²) in [5.74, 6) is -1.40. The second-order valence-corrected chi connectivity index (χ2v) is 7.43. The molecule has 7 nitrogen and oxygen atoms in total. The summed E-state index contributed by atoms with van der Waals surface area (Å²) in [6.45, 7) is 0.240. The second kappa shape index (κ2) is 9.04. The fraction of sp³-hybridized carbons (Fsp3) is 0.120. The van der Waals surface area contributed by atoms with Crippen molar-refractivity contribution in [1.82, 2.24) is 10.3 Å². The molecule has 0 unspecified atom stereocenters. The molecule has 1 aliphatic rings. The number of nitrogens with one attached hydrogen (secondary N) is 1. The van der Waals surface area contributed by atoms with Crippen molar-refractivity contribution in [3.05, 3.63) is 94.4 Å². The van der Waals surface area contributed by atoms with Crippen LogP contribution in [0.5, 0.6) is 5.88 Å². The Morgan fingerprint density at radius 3 is 2.67 bits per heavy atom. The zero-order valence-electron chi connectivity index (χ0n) is 18.0. The molecule has 1 N–H and O–H groups in total. The first-order valence-electron chi connectivity index (χ1n) is 10.1. The smallest absolute Gasteiger partial charge is 0.262 e. The highest BCUT2D eigenvalue weighted by atomic mass is 19.1. The first-order valence-corrected chi connectivity index (χ1v) is 10.1. The third-order valence-electron chi connectivity index (χ3n) is 5.26. The van der Waals surface area contributed by atoms with Gasteiger partial charge in [0, 0.05) is 37.0 Å². The third-order valence-corrected chi connectivity index (χ3v) is 5.26. The molecular weight excluding hydrogens is 425 g/mol. The number of fused-ring (bicyclic) bond motifs is 1. The van der Waals surface area contributed by atoms with Crippen LogP contribution in [0.1, 0.15) is 31.8 Å². The van der Waals surface area contributed by atoms with E-state index in [1.807, 2.05) is 0 Å². The highest BCUT2D eigenvalue weighted by Gasteiger charge is 2.33. The van der Waals surface area contributed by atoms with Gasteiger partial charge in [0.05, 0.1) is 18.4 Å². The van der Waals surface area contributed by atoms with Crippen molar-refractivity contribution in [3.8, 4) is 5.88 Å². The highest BCUT2D eigenvalue weighted by Crippen LogP contribution is 2.31. The topological polar surface area (TPSA) is 88.6 Å². The lowest BCUT2D eigenvalue weighted by Gasteiger charge is -2.27. The van der Waals surface area contributed by atoms with Crippen LogP contribution in [0.3, 0.4) is 0 Å². The van der Waals surface area contributed by atoms with Crippen molar-refractivity contribution in [2.75, 3.05) is 19.1 Å². The first-order chi connectivity index (χ1) is 15.9. The number of rotatable bonds is 5. The minimum absolute atomic E-state index is 0.0996. The number of ketones is 1. The number of benzene rings is 2. The van der Waals surface area contributed by atoms with Gasteiger partial charge < -0.3 is 15.0 Å². The van der Waals surface area contributed by atoms with Crippen molar-refractivity contribution in [2.45, 2.75) is 6.54 Å². The normalized spacial score (nSPS) is 14.3. The minimum atomic E-state index is -0.522. The molecule has 4 rings (SSSR count). The number of pyridine rings is 1. The number of hydrogen-bond acceptors (Lipinski definition) is 5. The average Bonchev–Trinajstić information content (AvgIpc) is 2.83. The van der Waals surface area contributed by atoms with Gasteiger partial charge in [0.15, 0.2) is 0 Å². The Hall–Kier alpha value is -4.33. The largest absolute Gasteiger partial charge is 0.481 e. The summed E-state index contributed by atoms with van der Waals surface area (Å²) in [7, 11) is 3.06. The summed E-state index contributed by atoms with van der Waals surface area (Å²) in [5, 5.41) is 2.78. The number of carbonyl (C=O) groups is 3. The van der Waals surface area contributed by atoms with E-state index in [2.05, 4.69) is 10.3 Å². The number of anilines is 1. The molecule has 8 heteroatoms. The van der Waals surface area contributed by atoms with Crippen LogP contribution in [0.4, 0.5) is 10.1 Å². The van der Waals surface area contributed by atoms with Gasteiger partial charge in [-0.15, -0.1) is 0 Å². The standard InChI is InChI=1S/C25H20FN3O4/c1-29-21-8-7-17(24(31)28-14-16-6-9-22(33-2)27-13-16)12-19(21)23(30)20(25(29)32)11-15-4-3-5-18(26)10-15/h3-13H,14H2,1-2H3,(H,28,31). The Kier molecular flexibility index (Phi) is 5.99. The van der Waals surface area contributed by atoms with E-state index in [4.69, 9.17) is 4.74 Å². The van der Waals surface area contributed by atoms with E-state index in [-0.39, 0.29) is 29.2 Å². The van der Waals surface area contributed by atoms with Crippen LogP contribution >= 0.6 is 0 Å². The molecule has 0 fully saturated rings. The van der Waals surface area contributed by atoms with E-state index in [0.29, 0.717) is 17.1 Å². The lowest BCUT2D eigenvalue weighted by atomic mass is 9.92. The van der Waals surface area contributed by atoms with Crippen molar-refractivity contribution in [3.63, 3.8) is 0 Å². The minimum Gasteiger partial charge on any atom is -0.481 e. The number of ether oxygens (including phenoxy) is 1. The van der Waals surface area contributed by atoms with Gasteiger partial charge in [0.2, 0.25) is 11.7 Å². The van der Waals surface area contributed by atoms with Crippen LogP contribution in [-0.4, -0.2) is 36.7 Å². The Morgan fingerprint density at radius 2 is 1.97 bits per heavy atom. The first kappa shape index (κ1) is 21.9. The fourth-order valence-corrected chi connectivity index (χ4v) is 3.49. The molecule has 2 heterocycles. The maximum Gasteiger partial charge on any atom is 0.262 e. The molecule has 2 aromatic carbocycles. The summed E-state index contributed by atoms with van der Waals surface area (Å²) >= 11 is 0. The molecule has 0 radical (unpaired) electrons. The number of methoxy groups -OCH3 is 1. The quantitative estimate of drug-likeness (QED) is 0.480. The van der Waals surface area contributed by atoms with Crippen LogP contribution in [0, 0.1) is 5.82 Å². The Bertz CT molecular complexity index is 1290. The molecule has 3 aromatic rings. The predicted octanol–water partition coefficient (Wildman–Crippen LogP) is 3.40. The third kappa shape index (κ3) is 4.50. The number of Topliss-reactive ketones (excluding diaryl/α,β-unsaturated/α-hetero) is 1. The average molecular weight is 445 g/mol. The van der Waals surface area contributed by atoms with E-state index in [1.54, 1.807) is 43.6 Å². The van der Waals surface area contributed by atoms with Gasteiger partial charge in [-0.25, -0.2) is 9.37 Å². The molecule has 1 aliphatic heterocycles. The molecule has 0 bridgehead atoms. The Balaban J connectivity index is 1.59. The Labute approximate surface area is 189 Å². The number of halogens is 1. The number of hydrogen-bond donors (Lipinski definition) is 1. The monoisotopic (exact) mass is 445 g/mol. The number of amides is 2. The summed E-state index contributed by atoms with van der Waals surface area (Å²) in [6, 6.07) is 13.7. The molecule has 0 spiro atoms. The lowest BCUT2D eigenvalue weighted by Crippen LogP contribution is -2.37. The van der Waals surface area contributed by atoms with E-state index < -0.39 is 17.5 Å². The van der Waals surface area contributed by atoms with Gasteiger partial charge in [-0.2, -0.15) is 0 Å². The molecule has 0 aliphatic carbocycles. The van der Waals surface area contributed by atoms with Crippen molar-refractivity contribution >= 4 is 29.4 Å².